The maximum Gasteiger partial charge on any atom is 0.276 e. The Labute approximate surface area is 183 Å². The van der Waals surface area contributed by atoms with Crippen LogP contribution in [0, 0.1) is 12.7 Å². The number of fused-ring (bicyclic) bond motifs is 1. The Morgan fingerprint density at radius 2 is 1.72 bits per heavy atom. The number of carbonyl (C=O) groups excluding carboxylic acids is 1. The van der Waals surface area contributed by atoms with E-state index in [2.05, 4.69) is 15.2 Å². The largest absolute Gasteiger partial charge is 0.436 e. The molecule has 4 rings (SSSR count). The lowest BCUT2D eigenvalue weighted by Crippen LogP contribution is -2.27. The summed E-state index contributed by atoms with van der Waals surface area (Å²) in [7, 11) is -3.99. The van der Waals surface area contributed by atoms with Gasteiger partial charge in [0.25, 0.3) is 15.9 Å². The highest BCUT2D eigenvalue weighted by molar-refractivity contribution is 7.89. The van der Waals surface area contributed by atoms with E-state index in [1.165, 1.54) is 36.4 Å². The molecule has 0 fully saturated rings. The molecule has 1 amide bonds. The highest BCUT2D eigenvalue weighted by Crippen LogP contribution is 2.15. The minimum Gasteiger partial charge on any atom is -0.436 e. The molecule has 7 nitrogen and oxygen atoms in total. The van der Waals surface area contributed by atoms with Gasteiger partial charge in [-0.05, 0) is 49.4 Å². The molecule has 0 aliphatic heterocycles. The van der Waals surface area contributed by atoms with Crippen LogP contribution in [0.5, 0.6) is 0 Å². The van der Waals surface area contributed by atoms with Gasteiger partial charge in [0.1, 0.15) is 17.0 Å². The molecule has 0 aliphatic rings. The summed E-state index contributed by atoms with van der Waals surface area (Å²) in [6.07, 6.45) is 0. The summed E-state index contributed by atoms with van der Waals surface area (Å²) in [4.78, 5) is 15.0. The first kappa shape index (κ1) is 21.3. The average Bonchev–Trinajstić information content (AvgIpc) is 2.77. The second-order valence-corrected chi connectivity index (χ2v) is 8.65. The van der Waals surface area contributed by atoms with Gasteiger partial charge in [0.2, 0.25) is 5.55 Å². The van der Waals surface area contributed by atoms with Crippen LogP contribution < -0.4 is 15.7 Å². The minimum absolute atomic E-state index is 0.0124. The lowest BCUT2D eigenvalue weighted by Gasteiger charge is -2.08. The van der Waals surface area contributed by atoms with Crippen LogP contribution in [0.4, 0.5) is 10.1 Å². The third-order valence-corrected chi connectivity index (χ3v) is 5.81. The maximum absolute atomic E-state index is 13.5. The van der Waals surface area contributed by atoms with Crippen LogP contribution in [0.3, 0.4) is 0 Å². The van der Waals surface area contributed by atoms with E-state index in [-0.39, 0.29) is 21.7 Å². The Hall–Kier alpha value is -3.98. The summed E-state index contributed by atoms with van der Waals surface area (Å²) in [6.45, 7) is 1.84. The molecule has 2 N–H and O–H groups in total. The first-order valence-corrected chi connectivity index (χ1v) is 11.0. The molecule has 4 aromatic rings. The van der Waals surface area contributed by atoms with Crippen LogP contribution in [0.2, 0.25) is 0 Å². The van der Waals surface area contributed by atoms with Crippen molar-refractivity contribution >= 4 is 32.6 Å². The Morgan fingerprint density at radius 3 is 2.47 bits per heavy atom. The number of nitrogens with zero attached hydrogens (tertiary/aromatic N) is 1. The standard InChI is InChI=1S/C23H18FN3O4S/c1-15-9-11-19(12-10-15)32(29,30)27-26-23-20(13-16-5-2-3-8-21(16)31-23)22(28)25-18-7-4-6-17(24)14-18/h2-14,27H,1H3,(H,25,28)/b26-23+. The number of sulfonamides is 1. The molecule has 0 unspecified atom stereocenters. The quantitative estimate of drug-likeness (QED) is 0.449. The zero-order valence-electron chi connectivity index (χ0n) is 16.9. The lowest BCUT2D eigenvalue weighted by atomic mass is 10.1. The number of halogens is 1. The molecule has 0 saturated carbocycles. The van der Waals surface area contributed by atoms with Crippen LogP contribution >= 0.6 is 0 Å². The van der Waals surface area contributed by atoms with Crippen LogP contribution in [-0.2, 0) is 10.0 Å². The summed E-state index contributed by atoms with van der Waals surface area (Å²) in [5, 5.41) is 7.04. The van der Waals surface area contributed by atoms with Gasteiger partial charge in [0.05, 0.1) is 4.90 Å². The van der Waals surface area contributed by atoms with Crippen molar-refractivity contribution in [2.75, 3.05) is 5.32 Å². The number of hydrogen-bond donors (Lipinski definition) is 2. The van der Waals surface area contributed by atoms with E-state index in [0.29, 0.717) is 11.0 Å². The number of carbonyl (C=O) groups is 1. The van der Waals surface area contributed by atoms with Crippen molar-refractivity contribution in [3.8, 4) is 0 Å². The minimum atomic E-state index is -3.99. The van der Waals surface area contributed by atoms with E-state index in [1.54, 1.807) is 36.4 Å². The van der Waals surface area contributed by atoms with Gasteiger partial charge >= 0.3 is 0 Å². The molecule has 0 aliphatic carbocycles. The van der Waals surface area contributed by atoms with Gasteiger partial charge < -0.3 is 9.73 Å². The predicted molar refractivity (Wildman–Crippen MR) is 118 cm³/mol. The van der Waals surface area contributed by atoms with E-state index in [9.17, 15) is 17.6 Å². The second-order valence-electron chi connectivity index (χ2n) is 6.99. The predicted octanol–water partition coefficient (Wildman–Crippen LogP) is 3.93. The fraction of sp³-hybridized carbons (Fsp3) is 0.0435. The van der Waals surface area contributed by atoms with E-state index in [4.69, 9.17) is 4.42 Å². The van der Waals surface area contributed by atoms with Crippen LogP contribution in [0.15, 0.2) is 93.3 Å². The number of anilines is 1. The van der Waals surface area contributed by atoms with Gasteiger partial charge in [0.15, 0.2) is 0 Å². The third-order valence-electron chi connectivity index (χ3n) is 4.58. The van der Waals surface area contributed by atoms with Gasteiger partial charge in [-0.1, -0.05) is 42.0 Å². The van der Waals surface area contributed by atoms with Crippen LogP contribution in [0.25, 0.3) is 11.0 Å². The molecule has 3 aromatic carbocycles. The molecule has 162 valence electrons. The van der Waals surface area contributed by atoms with E-state index in [1.807, 2.05) is 6.92 Å². The first-order valence-electron chi connectivity index (χ1n) is 9.54. The number of nitrogens with one attached hydrogen (secondary N) is 2. The SMILES string of the molecule is Cc1ccc(S(=O)(=O)N/N=c2/oc3ccccc3cc2C(=O)Nc2cccc(F)c2)cc1. The Morgan fingerprint density at radius 1 is 0.969 bits per heavy atom. The highest BCUT2D eigenvalue weighted by Gasteiger charge is 2.16. The number of para-hydroxylation sites is 1. The monoisotopic (exact) mass is 451 g/mol. The number of rotatable bonds is 5. The van der Waals surface area contributed by atoms with Crippen LogP contribution in [0.1, 0.15) is 15.9 Å². The number of hydrogen-bond acceptors (Lipinski definition) is 5. The van der Waals surface area contributed by atoms with Crippen molar-refractivity contribution in [1.29, 1.82) is 0 Å². The summed E-state index contributed by atoms with van der Waals surface area (Å²) < 4.78 is 44.4. The molecular weight excluding hydrogens is 433 g/mol. The van der Waals surface area contributed by atoms with Crippen LogP contribution in [-0.4, -0.2) is 14.3 Å². The highest BCUT2D eigenvalue weighted by atomic mass is 32.2. The van der Waals surface area contributed by atoms with Gasteiger partial charge in [-0.25, -0.2) is 4.39 Å². The van der Waals surface area contributed by atoms with Crippen molar-refractivity contribution in [3.63, 3.8) is 0 Å². The van der Waals surface area contributed by atoms with Crippen molar-refractivity contribution in [3.05, 3.63) is 101 Å². The number of amides is 1. The molecule has 0 radical (unpaired) electrons. The molecule has 0 atom stereocenters. The van der Waals surface area contributed by atoms with Crippen molar-refractivity contribution < 1.29 is 22.0 Å². The topological polar surface area (TPSA) is 101 Å². The zero-order chi connectivity index (χ0) is 22.7. The third kappa shape index (κ3) is 4.68. The van der Waals surface area contributed by atoms with Crippen molar-refractivity contribution in [1.82, 2.24) is 4.83 Å². The van der Waals surface area contributed by atoms with Gasteiger partial charge in [-0.15, -0.1) is 5.10 Å². The zero-order valence-corrected chi connectivity index (χ0v) is 17.7. The van der Waals surface area contributed by atoms with Gasteiger partial charge in [-0.2, -0.15) is 13.2 Å². The Kier molecular flexibility index (Phi) is 5.74. The molecule has 1 heterocycles. The van der Waals surface area contributed by atoms with E-state index in [0.717, 1.165) is 11.6 Å². The molecule has 0 saturated heterocycles. The first-order chi connectivity index (χ1) is 15.3. The van der Waals surface area contributed by atoms with Gasteiger partial charge in [0, 0.05) is 11.1 Å². The fourth-order valence-electron chi connectivity index (χ4n) is 2.95. The second kappa shape index (κ2) is 8.64. The summed E-state index contributed by atoms with van der Waals surface area (Å²) in [6, 6.07) is 20.0. The van der Waals surface area contributed by atoms with Gasteiger partial charge in [-0.3, -0.25) is 4.79 Å². The normalized spacial score (nSPS) is 12.0. The molecule has 9 heteroatoms. The lowest BCUT2D eigenvalue weighted by molar-refractivity contribution is 0.102. The average molecular weight is 451 g/mol. The molecule has 1 aromatic heterocycles. The number of benzene rings is 3. The fourth-order valence-corrected chi connectivity index (χ4v) is 3.75. The maximum atomic E-state index is 13.5. The van der Waals surface area contributed by atoms with E-state index < -0.39 is 21.7 Å². The smallest absolute Gasteiger partial charge is 0.276 e. The summed E-state index contributed by atoms with van der Waals surface area (Å²) >= 11 is 0. The molecular formula is C23H18FN3O4S. The molecule has 32 heavy (non-hydrogen) atoms. The Balaban J connectivity index is 1.75. The van der Waals surface area contributed by atoms with E-state index >= 15 is 0 Å². The van der Waals surface area contributed by atoms with Crippen molar-refractivity contribution in [2.45, 2.75) is 11.8 Å². The summed E-state index contributed by atoms with van der Waals surface area (Å²) in [5.74, 6) is -1.15. The number of aryl methyl sites for hydroxylation is 1. The van der Waals surface area contributed by atoms with Crippen molar-refractivity contribution in [2.24, 2.45) is 5.10 Å². The summed E-state index contributed by atoms with van der Waals surface area (Å²) in [5.41, 5.74) is 1.27. The molecule has 0 spiro atoms. The molecule has 0 bridgehead atoms. The Bertz CT molecular complexity index is 1480.